The Morgan fingerprint density at radius 3 is 2.70 bits per heavy atom. The molecule has 13 heteroatoms. The topological polar surface area (TPSA) is 119 Å². The quantitative estimate of drug-likeness (QED) is 0.172. The highest BCUT2D eigenvalue weighted by Crippen LogP contribution is 2.50. The first-order valence-electron chi connectivity index (χ1n) is 16.7. The van der Waals surface area contributed by atoms with Crippen molar-refractivity contribution >= 4 is 33.3 Å². The Labute approximate surface area is 289 Å². The van der Waals surface area contributed by atoms with E-state index in [1.807, 2.05) is 11.0 Å². The summed E-state index contributed by atoms with van der Waals surface area (Å²) in [5.41, 5.74) is 6.89. The second-order valence-corrected chi connectivity index (χ2v) is 14.0. The van der Waals surface area contributed by atoms with Gasteiger partial charge in [0.2, 0.25) is 11.8 Å². The standard InChI is InChI=1S/C37H31F2N7O3S/c1-18-44-45-36(49-18)29-25(13-7-19-5-8-20(38)9-6-19)42-32-27-4-3-15-46(27)37(47)31(32)30(29)28-16-26-34(50-28)35(41-17-40-26)43-24-14-11-22-21(24)10-12-23(39)33(22)48-2/h5-6,8-10,12,16-17,24,27H,3-4,7,11,13-15H2,1-2H3,(H,40,41,43)/t24?,27-/m1/s1. The van der Waals surface area contributed by atoms with Crippen LogP contribution in [0.3, 0.4) is 0 Å². The summed E-state index contributed by atoms with van der Waals surface area (Å²) in [5.74, 6) is 0.894. The molecule has 1 N–H and O–H groups in total. The number of benzene rings is 2. The predicted molar refractivity (Wildman–Crippen MR) is 183 cm³/mol. The fraction of sp³-hybridized carbons (Fsp3) is 0.297. The van der Waals surface area contributed by atoms with E-state index in [1.54, 1.807) is 25.1 Å². The number of nitrogens with one attached hydrogen (secondary N) is 1. The van der Waals surface area contributed by atoms with Gasteiger partial charge in [-0.2, -0.15) is 0 Å². The summed E-state index contributed by atoms with van der Waals surface area (Å²) < 4.78 is 40.5. The van der Waals surface area contributed by atoms with Crippen LogP contribution in [0.4, 0.5) is 14.6 Å². The van der Waals surface area contributed by atoms with Gasteiger partial charge >= 0.3 is 0 Å². The van der Waals surface area contributed by atoms with Gasteiger partial charge < -0.3 is 19.4 Å². The minimum atomic E-state index is -0.372. The maximum Gasteiger partial charge on any atom is 0.257 e. The fourth-order valence-electron chi connectivity index (χ4n) is 7.78. The Kier molecular flexibility index (Phi) is 7.34. The second kappa shape index (κ2) is 11.9. The third kappa shape index (κ3) is 4.93. The SMILES string of the molecule is COc1c(F)ccc2c1CCC2Nc1ncnc2cc(-c3c4c(nc(CCc5ccc(F)cc5)c3-c3nnc(C)o3)[C@H]3CCCN3C4=O)sc12. The van der Waals surface area contributed by atoms with E-state index in [4.69, 9.17) is 14.1 Å². The zero-order valence-electron chi connectivity index (χ0n) is 27.3. The van der Waals surface area contributed by atoms with Gasteiger partial charge in [0.05, 0.1) is 51.9 Å². The maximum atomic E-state index is 14.5. The molecule has 1 amide bonds. The van der Waals surface area contributed by atoms with Crippen molar-refractivity contribution in [2.75, 3.05) is 19.0 Å². The molecular formula is C37H31F2N7O3S. The van der Waals surface area contributed by atoms with Crippen LogP contribution in [0, 0.1) is 18.6 Å². The lowest BCUT2D eigenvalue weighted by Gasteiger charge is -2.16. The molecule has 1 fully saturated rings. The summed E-state index contributed by atoms with van der Waals surface area (Å²) >= 11 is 1.49. The highest BCUT2D eigenvalue weighted by atomic mass is 32.1. The van der Waals surface area contributed by atoms with E-state index in [2.05, 4.69) is 25.5 Å². The Morgan fingerprint density at radius 2 is 1.90 bits per heavy atom. The molecule has 10 nitrogen and oxygen atoms in total. The van der Waals surface area contributed by atoms with Crippen molar-refractivity contribution in [3.8, 4) is 27.6 Å². The summed E-state index contributed by atoms with van der Waals surface area (Å²) in [6.07, 6.45) is 5.80. The first-order valence-corrected chi connectivity index (χ1v) is 17.5. The van der Waals surface area contributed by atoms with Gasteiger partial charge in [-0.1, -0.05) is 18.2 Å². The molecule has 6 aromatic rings. The number of carbonyl (C=O) groups excluding carboxylic acids is 1. The molecule has 2 aliphatic heterocycles. The molecular weight excluding hydrogens is 661 g/mol. The van der Waals surface area contributed by atoms with Crippen LogP contribution in [-0.2, 0) is 19.3 Å². The van der Waals surface area contributed by atoms with E-state index in [0.717, 1.165) is 62.4 Å². The molecule has 6 heterocycles. The van der Waals surface area contributed by atoms with Crippen molar-refractivity contribution in [1.82, 2.24) is 30.0 Å². The van der Waals surface area contributed by atoms with Crippen molar-refractivity contribution in [2.24, 2.45) is 0 Å². The zero-order valence-corrected chi connectivity index (χ0v) is 28.1. The van der Waals surface area contributed by atoms with Crippen LogP contribution in [0.1, 0.15) is 75.7 Å². The number of amides is 1. The van der Waals surface area contributed by atoms with Crippen molar-refractivity contribution in [1.29, 1.82) is 0 Å². The van der Waals surface area contributed by atoms with E-state index < -0.39 is 0 Å². The third-order valence-corrected chi connectivity index (χ3v) is 11.2. The molecule has 4 aromatic heterocycles. The lowest BCUT2D eigenvalue weighted by molar-refractivity contribution is 0.0776. The van der Waals surface area contributed by atoms with E-state index >= 15 is 0 Å². The molecule has 0 radical (unpaired) electrons. The van der Waals surface area contributed by atoms with Gasteiger partial charge in [-0.25, -0.2) is 18.7 Å². The molecule has 0 spiro atoms. The Bertz CT molecular complexity index is 2320. The van der Waals surface area contributed by atoms with Crippen LogP contribution in [0.15, 0.2) is 53.2 Å². The van der Waals surface area contributed by atoms with E-state index in [9.17, 15) is 13.6 Å². The number of ether oxygens (including phenoxy) is 1. The molecule has 1 saturated heterocycles. The van der Waals surface area contributed by atoms with Gasteiger partial charge in [0.25, 0.3) is 5.91 Å². The van der Waals surface area contributed by atoms with Crippen molar-refractivity contribution < 1.29 is 22.7 Å². The highest BCUT2D eigenvalue weighted by molar-refractivity contribution is 7.22. The van der Waals surface area contributed by atoms with Crippen molar-refractivity contribution in [3.63, 3.8) is 0 Å². The average molecular weight is 692 g/mol. The molecule has 1 unspecified atom stereocenters. The maximum absolute atomic E-state index is 14.5. The minimum Gasteiger partial charge on any atom is -0.493 e. The second-order valence-electron chi connectivity index (χ2n) is 12.9. The molecule has 50 heavy (non-hydrogen) atoms. The number of aromatic nitrogens is 5. The first-order chi connectivity index (χ1) is 24.4. The number of methoxy groups -OCH3 is 1. The molecule has 2 atom stereocenters. The average Bonchev–Trinajstić information content (AvgIpc) is 3.96. The summed E-state index contributed by atoms with van der Waals surface area (Å²) in [7, 11) is 1.49. The first kappa shape index (κ1) is 30.7. The molecule has 2 aromatic carbocycles. The number of carbonyl (C=O) groups is 1. The summed E-state index contributed by atoms with van der Waals surface area (Å²) in [6.45, 7) is 2.40. The Morgan fingerprint density at radius 1 is 1.04 bits per heavy atom. The van der Waals surface area contributed by atoms with Gasteiger partial charge in [0, 0.05) is 29.5 Å². The van der Waals surface area contributed by atoms with Crippen LogP contribution in [0.2, 0.25) is 0 Å². The lowest BCUT2D eigenvalue weighted by atomic mass is 9.93. The zero-order chi connectivity index (χ0) is 34.1. The summed E-state index contributed by atoms with van der Waals surface area (Å²) in [5, 5.41) is 12.2. The van der Waals surface area contributed by atoms with Crippen molar-refractivity contribution in [3.05, 3.63) is 100.0 Å². The number of fused-ring (bicyclic) bond motifs is 5. The van der Waals surface area contributed by atoms with Gasteiger partial charge in [0.15, 0.2) is 11.6 Å². The number of pyridine rings is 1. The number of thiophene rings is 1. The van der Waals surface area contributed by atoms with Crippen LogP contribution in [0.5, 0.6) is 5.75 Å². The van der Waals surface area contributed by atoms with Crippen LogP contribution in [-0.4, -0.2) is 49.6 Å². The molecule has 252 valence electrons. The number of halogens is 2. The monoisotopic (exact) mass is 691 g/mol. The fourth-order valence-corrected chi connectivity index (χ4v) is 8.90. The number of hydrogen-bond donors (Lipinski definition) is 1. The van der Waals surface area contributed by atoms with Gasteiger partial charge in [-0.05, 0) is 73.9 Å². The Balaban J connectivity index is 1.20. The molecule has 3 aliphatic rings. The number of nitrogens with zero attached hydrogens (tertiary/aromatic N) is 6. The van der Waals surface area contributed by atoms with E-state index in [1.165, 1.54) is 43.0 Å². The summed E-state index contributed by atoms with van der Waals surface area (Å²) in [4.78, 5) is 31.4. The summed E-state index contributed by atoms with van der Waals surface area (Å²) in [6, 6.07) is 11.5. The number of anilines is 1. The third-order valence-electron chi connectivity index (χ3n) is 10.0. The van der Waals surface area contributed by atoms with Gasteiger partial charge in [-0.3, -0.25) is 9.78 Å². The molecule has 1 aliphatic carbocycles. The smallest absolute Gasteiger partial charge is 0.257 e. The minimum absolute atomic E-state index is 0.0572. The van der Waals surface area contributed by atoms with Crippen LogP contribution < -0.4 is 10.1 Å². The number of rotatable bonds is 8. The van der Waals surface area contributed by atoms with Crippen LogP contribution >= 0.6 is 11.3 Å². The predicted octanol–water partition coefficient (Wildman–Crippen LogP) is 7.57. The number of aryl methyl sites for hydroxylation is 3. The molecule has 0 bridgehead atoms. The Hall–Kier alpha value is -5.30. The van der Waals surface area contributed by atoms with Gasteiger partial charge in [-0.15, -0.1) is 21.5 Å². The normalized spacial score (nSPS) is 17.8. The number of hydrogen-bond acceptors (Lipinski definition) is 10. The largest absolute Gasteiger partial charge is 0.493 e. The highest BCUT2D eigenvalue weighted by Gasteiger charge is 2.45. The lowest BCUT2D eigenvalue weighted by Crippen LogP contribution is -2.22. The molecule has 0 saturated carbocycles. The van der Waals surface area contributed by atoms with Crippen LogP contribution in [0.25, 0.3) is 32.1 Å². The van der Waals surface area contributed by atoms with E-state index in [0.29, 0.717) is 54.2 Å². The van der Waals surface area contributed by atoms with Crippen molar-refractivity contribution in [2.45, 2.75) is 57.5 Å². The van der Waals surface area contributed by atoms with Gasteiger partial charge in [0.1, 0.15) is 18.0 Å². The molecule has 9 rings (SSSR count). The van der Waals surface area contributed by atoms with E-state index in [-0.39, 0.29) is 41.3 Å².